The van der Waals surface area contributed by atoms with Crippen LogP contribution >= 0.6 is 11.8 Å². The van der Waals surface area contributed by atoms with Gasteiger partial charge in [0.2, 0.25) is 5.12 Å². The normalized spacial score (nSPS) is 21.9. The zero-order valence-electron chi connectivity index (χ0n) is 10.2. The Bertz CT molecular complexity index is 591. The highest BCUT2D eigenvalue weighted by atomic mass is 32.2. The maximum absolute atomic E-state index is 12.5. The van der Waals surface area contributed by atoms with E-state index in [1.165, 1.54) is 11.8 Å². The molecule has 18 heavy (non-hydrogen) atoms. The second-order valence-corrected chi connectivity index (χ2v) is 5.53. The molecule has 3 rings (SSSR count). The fourth-order valence-corrected chi connectivity index (χ4v) is 3.99. The van der Waals surface area contributed by atoms with Gasteiger partial charge in [-0.1, -0.05) is 67.2 Å². The Hall–Kier alpha value is -1.54. The second kappa shape index (κ2) is 4.29. The summed E-state index contributed by atoms with van der Waals surface area (Å²) < 4.78 is 0. The van der Waals surface area contributed by atoms with E-state index in [0.717, 1.165) is 22.4 Å². The van der Waals surface area contributed by atoms with E-state index in [2.05, 4.69) is 25.1 Å². The van der Waals surface area contributed by atoms with Crippen molar-refractivity contribution in [3.05, 3.63) is 65.7 Å². The molecule has 0 aliphatic carbocycles. The molecule has 2 aromatic carbocycles. The van der Waals surface area contributed by atoms with Gasteiger partial charge in [0.1, 0.15) is 0 Å². The minimum Gasteiger partial charge on any atom is -0.285 e. The van der Waals surface area contributed by atoms with Gasteiger partial charge in [0.15, 0.2) is 0 Å². The van der Waals surface area contributed by atoms with E-state index in [9.17, 15) is 4.79 Å². The molecule has 0 radical (unpaired) electrons. The molecule has 0 saturated heterocycles. The van der Waals surface area contributed by atoms with Gasteiger partial charge in [-0.05, 0) is 23.6 Å². The quantitative estimate of drug-likeness (QED) is 0.805. The second-order valence-electron chi connectivity index (χ2n) is 4.51. The van der Waals surface area contributed by atoms with Crippen molar-refractivity contribution >= 4 is 16.9 Å². The lowest BCUT2D eigenvalue weighted by atomic mass is 9.74. The van der Waals surface area contributed by atoms with Gasteiger partial charge in [-0.2, -0.15) is 0 Å². The number of carbonyl (C=O) groups excluding carboxylic acids is 1. The van der Waals surface area contributed by atoms with Crippen molar-refractivity contribution < 1.29 is 4.79 Å². The van der Waals surface area contributed by atoms with E-state index in [0.29, 0.717) is 0 Å². The maximum Gasteiger partial charge on any atom is 0.208 e. The molecule has 0 saturated carbocycles. The lowest BCUT2D eigenvalue weighted by molar-refractivity contribution is -0.114. The Morgan fingerprint density at radius 2 is 1.67 bits per heavy atom. The Balaban J connectivity index is 2.27. The van der Waals surface area contributed by atoms with E-state index in [1.807, 2.05) is 36.4 Å². The Morgan fingerprint density at radius 3 is 2.39 bits per heavy atom. The number of fused-ring (bicyclic) bond motifs is 1. The summed E-state index contributed by atoms with van der Waals surface area (Å²) in [5, 5.41) is 0.248. The molecule has 1 aliphatic heterocycles. The standard InChI is InChI=1S/C16H14OS/c1-2-16(12-8-4-3-5-9-12)13-10-6-7-11-14(13)18-15(16)17/h3-11H,2H2,1H3. The van der Waals surface area contributed by atoms with Crippen molar-refractivity contribution in [1.82, 2.24) is 0 Å². The summed E-state index contributed by atoms with van der Waals surface area (Å²) in [6.45, 7) is 2.09. The molecule has 1 heterocycles. The zero-order valence-corrected chi connectivity index (χ0v) is 11.0. The number of benzene rings is 2. The van der Waals surface area contributed by atoms with Crippen LogP contribution in [0.1, 0.15) is 24.5 Å². The molecule has 0 fully saturated rings. The van der Waals surface area contributed by atoms with Crippen LogP contribution in [-0.2, 0) is 10.2 Å². The van der Waals surface area contributed by atoms with E-state index in [4.69, 9.17) is 0 Å². The topological polar surface area (TPSA) is 17.1 Å². The molecular formula is C16H14OS. The fourth-order valence-electron chi connectivity index (χ4n) is 2.74. The Labute approximate surface area is 111 Å². The maximum atomic E-state index is 12.5. The molecular weight excluding hydrogens is 240 g/mol. The highest BCUT2D eigenvalue weighted by Gasteiger charge is 2.46. The SMILES string of the molecule is CCC1(c2ccccc2)C(=O)Sc2ccccc21. The predicted molar refractivity (Wildman–Crippen MR) is 74.8 cm³/mol. The van der Waals surface area contributed by atoms with Gasteiger partial charge in [0.05, 0.1) is 5.41 Å². The minimum atomic E-state index is -0.456. The van der Waals surface area contributed by atoms with Gasteiger partial charge in [0, 0.05) is 4.90 Å². The average Bonchev–Trinajstić information content (AvgIpc) is 2.72. The van der Waals surface area contributed by atoms with Crippen molar-refractivity contribution in [2.45, 2.75) is 23.7 Å². The molecule has 0 aromatic heterocycles. The summed E-state index contributed by atoms with van der Waals surface area (Å²) in [7, 11) is 0. The van der Waals surface area contributed by atoms with Crippen LogP contribution in [0.2, 0.25) is 0 Å². The van der Waals surface area contributed by atoms with Crippen molar-refractivity contribution in [2.75, 3.05) is 0 Å². The van der Waals surface area contributed by atoms with Gasteiger partial charge in [-0.25, -0.2) is 0 Å². The molecule has 1 atom stereocenters. The van der Waals surface area contributed by atoms with Crippen LogP contribution in [0.3, 0.4) is 0 Å². The van der Waals surface area contributed by atoms with Crippen molar-refractivity contribution in [1.29, 1.82) is 0 Å². The summed E-state index contributed by atoms with van der Waals surface area (Å²) >= 11 is 1.38. The molecule has 1 aliphatic rings. The summed E-state index contributed by atoms with van der Waals surface area (Å²) in [5.41, 5.74) is 1.81. The first-order valence-electron chi connectivity index (χ1n) is 6.16. The number of hydrogen-bond acceptors (Lipinski definition) is 2. The predicted octanol–water partition coefficient (Wildman–Crippen LogP) is 4.02. The Kier molecular flexibility index (Phi) is 2.75. The van der Waals surface area contributed by atoms with E-state index >= 15 is 0 Å². The first-order valence-corrected chi connectivity index (χ1v) is 6.98. The van der Waals surface area contributed by atoms with Crippen LogP contribution in [0.5, 0.6) is 0 Å². The summed E-state index contributed by atoms with van der Waals surface area (Å²) in [4.78, 5) is 13.7. The molecule has 0 amide bonds. The average molecular weight is 254 g/mol. The minimum absolute atomic E-state index is 0.248. The lowest BCUT2D eigenvalue weighted by Crippen LogP contribution is -2.31. The van der Waals surface area contributed by atoms with Crippen molar-refractivity contribution in [3.8, 4) is 0 Å². The zero-order chi connectivity index (χ0) is 12.6. The number of carbonyl (C=O) groups is 1. The van der Waals surface area contributed by atoms with Crippen LogP contribution in [0.4, 0.5) is 0 Å². The van der Waals surface area contributed by atoms with Gasteiger partial charge >= 0.3 is 0 Å². The van der Waals surface area contributed by atoms with Gasteiger partial charge in [-0.3, -0.25) is 4.79 Å². The van der Waals surface area contributed by atoms with Gasteiger partial charge in [0.25, 0.3) is 0 Å². The molecule has 1 unspecified atom stereocenters. The smallest absolute Gasteiger partial charge is 0.208 e. The summed E-state index contributed by atoms with van der Waals surface area (Å²) in [6, 6.07) is 18.3. The number of thioether (sulfide) groups is 1. The van der Waals surface area contributed by atoms with Crippen LogP contribution in [0.25, 0.3) is 0 Å². The van der Waals surface area contributed by atoms with Gasteiger partial charge < -0.3 is 0 Å². The first-order chi connectivity index (χ1) is 8.79. The lowest BCUT2D eigenvalue weighted by Gasteiger charge is -2.27. The number of rotatable bonds is 2. The fraction of sp³-hybridized carbons (Fsp3) is 0.188. The monoisotopic (exact) mass is 254 g/mol. The Morgan fingerprint density at radius 1 is 1.00 bits per heavy atom. The van der Waals surface area contributed by atoms with Gasteiger partial charge in [-0.15, -0.1) is 0 Å². The molecule has 0 spiro atoms. The molecule has 0 bridgehead atoms. The van der Waals surface area contributed by atoms with Crippen LogP contribution in [0.15, 0.2) is 59.5 Å². The van der Waals surface area contributed by atoms with Crippen molar-refractivity contribution in [2.24, 2.45) is 0 Å². The van der Waals surface area contributed by atoms with E-state index in [-0.39, 0.29) is 5.12 Å². The van der Waals surface area contributed by atoms with Crippen LogP contribution < -0.4 is 0 Å². The van der Waals surface area contributed by atoms with E-state index in [1.54, 1.807) is 0 Å². The van der Waals surface area contributed by atoms with Crippen LogP contribution in [0, 0.1) is 0 Å². The molecule has 2 heteroatoms. The summed E-state index contributed by atoms with van der Waals surface area (Å²) in [5.74, 6) is 0. The third-order valence-corrected chi connectivity index (χ3v) is 4.80. The highest BCUT2D eigenvalue weighted by Crippen LogP contribution is 2.50. The third kappa shape index (κ3) is 1.45. The van der Waals surface area contributed by atoms with E-state index < -0.39 is 5.41 Å². The summed E-state index contributed by atoms with van der Waals surface area (Å²) in [6.07, 6.45) is 0.805. The molecule has 1 nitrogen and oxygen atoms in total. The highest BCUT2D eigenvalue weighted by molar-refractivity contribution is 8.14. The van der Waals surface area contributed by atoms with Crippen molar-refractivity contribution in [3.63, 3.8) is 0 Å². The largest absolute Gasteiger partial charge is 0.285 e. The third-order valence-electron chi connectivity index (χ3n) is 3.69. The molecule has 0 N–H and O–H groups in total. The number of hydrogen-bond donors (Lipinski definition) is 0. The first kappa shape index (κ1) is 11.5. The van der Waals surface area contributed by atoms with Crippen LogP contribution in [-0.4, -0.2) is 5.12 Å². The molecule has 90 valence electrons. The molecule has 2 aromatic rings.